The summed E-state index contributed by atoms with van der Waals surface area (Å²) < 4.78 is 11.1. The standard InChI is InChI=1S/C24H33N5O3.HI/c1-25-24(26-15-18-8-7-9-20(14-18)32-17-23(30)28(2)3)27-19-12-13-29(16-19)21-10-5-6-11-22(21)31-4;/h5-11,14,19H,12-13,15-17H2,1-4H3,(H2,25,26,27);1H. The van der Waals surface area contributed by atoms with Crippen LogP contribution in [0.5, 0.6) is 11.5 Å². The summed E-state index contributed by atoms with van der Waals surface area (Å²) in [5, 5.41) is 6.88. The average Bonchev–Trinajstić information content (AvgIpc) is 3.28. The summed E-state index contributed by atoms with van der Waals surface area (Å²) in [4.78, 5) is 19.9. The summed E-state index contributed by atoms with van der Waals surface area (Å²) in [6, 6.07) is 16.1. The van der Waals surface area contributed by atoms with E-state index < -0.39 is 0 Å². The molecule has 1 aliphatic heterocycles. The largest absolute Gasteiger partial charge is 0.495 e. The van der Waals surface area contributed by atoms with Gasteiger partial charge in [-0.3, -0.25) is 9.79 Å². The van der Waals surface area contributed by atoms with Crippen molar-refractivity contribution in [3.05, 3.63) is 54.1 Å². The van der Waals surface area contributed by atoms with Gasteiger partial charge in [0.2, 0.25) is 0 Å². The van der Waals surface area contributed by atoms with Crippen LogP contribution in [0, 0.1) is 0 Å². The smallest absolute Gasteiger partial charge is 0.259 e. The van der Waals surface area contributed by atoms with E-state index in [1.807, 2.05) is 42.5 Å². The predicted molar refractivity (Wildman–Crippen MR) is 143 cm³/mol. The molecule has 2 aromatic rings. The number of nitrogens with one attached hydrogen (secondary N) is 2. The second-order valence-electron chi connectivity index (χ2n) is 7.90. The molecule has 0 saturated carbocycles. The Morgan fingerprint density at radius 2 is 2.00 bits per heavy atom. The summed E-state index contributed by atoms with van der Waals surface area (Å²) in [5.41, 5.74) is 2.16. The molecule has 1 unspecified atom stereocenters. The van der Waals surface area contributed by atoms with Crippen LogP contribution in [0.1, 0.15) is 12.0 Å². The molecule has 0 radical (unpaired) electrons. The van der Waals surface area contributed by atoms with E-state index >= 15 is 0 Å². The lowest BCUT2D eigenvalue weighted by atomic mass is 10.2. The number of carbonyl (C=O) groups excluding carboxylic acids is 1. The van der Waals surface area contributed by atoms with Crippen LogP contribution in [0.2, 0.25) is 0 Å². The Balaban J connectivity index is 0.00000385. The van der Waals surface area contributed by atoms with Crippen molar-refractivity contribution >= 4 is 41.5 Å². The molecule has 0 spiro atoms. The average molecular weight is 567 g/mol. The molecule has 1 saturated heterocycles. The molecule has 0 aliphatic carbocycles. The second-order valence-corrected chi connectivity index (χ2v) is 7.90. The highest BCUT2D eigenvalue weighted by molar-refractivity contribution is 14.0. The van der Waals surface area contributed by atoms with Gasteiger partial charge in [0.1, 0.15) is 11.5 Å². The molecule has 1 atom stereocenters. The number of anilines is 1. The monoisotopic (exact) mass is 567 g/mol. The Kier molecular flexibility index (Phi) is 10.6. The highest BCUT2D eigenvalue weighted by atomic mass is 127. The number of carbonyl (C=O) groups is 1. The summed E-state index contributed by atoms with van der Waals surface area (Å²) in [6.07, 6.45) is 1.02. The van der Waals surface area contributed by atoms with E-state index in [-0.39, 0.29) is 42.5 Å². The van der Waals surface area contributed by atoms with Crippen molar-refractivity contribution in [3.8, 4) is 11.5 Å². The topological polar surface area (TPSA) is 78.4 Å². The van der Waals surface area contributed by atoms with E-state index in [1.54, 1.807) is 28.3 Å². The van der Waals surface area contributed by atoms with E-state index in [9.17, 15) is 4.79 Å². The quantitative estimate of drug-likeness (QED) is 0.290. The van der Waals surface area contributed by atoms with Crippen LogP contribution >= 0.6 is 24.0 Å². The highest BCUT2D eigenvalue weighted by Crippen LogP contribution is 2.30. The fraction of sp³-hybridized carbons (Fsp3) is 0.417. The van der Waals surface area contributed by atoms with Crippen molar-refractivity contribution in [2.75, 3.05) is 52.8 Å². The molecular formula is C24H34IN5O3. The fourth-order valence-electron chi connectivity index (χ4n) is 3.58. The zero-order valence-electron chi connectivity index (χ0n) is 19.7. The molecular weight excluding hydrogens is 533 g/mol. The van der Waals surface area contributed by atoms with Crippen molar-refractivity contribution in [2.45, 2.75) is 19.0 Å². The number of guanidine groups is 1. The molecule has 0 bridgehead atoms. The number of likely N-dealkylation sites (N-methyl/N-ethyl adjacent to an activating group) is 1. The molecule has 1 aliphatic rings. The molecule has 3 rings (SSSR count). The van der Waals surface area contributed by atoms with Gasteiger partial charge in [-0.2, -0.15) is 0 Å². The van der Waals surface area contributed by atoms with E-state index in [2.05, 4.69) is 26.6 Å². The van der Waals surface area contributed by atoms with Gasteiger partial charge in [-0.25, -0.2) is 0 Å². The zero-order chi connectivity index (χ0) is 22.9. The summed E-state index contributed by atoms with van der Waals surface area (Å²) in [5.74, 6) is 2.25. The summed E-state index contributed by atoms with van der Waals surface area (Å²) in [6.45, 7) is 2.46. The first kappa shape index (κ1) is 26.6. The molecule has 1 amide bonds. The van der Waals surface area contributed by atoms with Crippen LogP contribution in [-0.2, 0) is 11.3 Å². The minimum absolute atomic E-state index is 0. The van der Waals surface area contributed by atoms with Crippen molar-refractivity contribution < 1.29 is 14.3 Å². The van der Waals surface area contributed by atoms with Gasteiger partial charge in [0.05, 0.1) is 12.8 Å². The predicted octanol–water partition coefficient (Wildman–Crippen LogP) is 2.72. The zero-order valence-corrected chi connectivity index (χ0v) is 22.0. The molecule has 1 heterocycles. The van der Waals surface area contributed by atoms with E-state index in [4.69, 9.17) is 9.47 Å². The van der Waals surface area contributed by atoms with Crippen LogP contribution in [0.15, 0.2) is 53.5 Å². The molecule has 9 heteroatoms. The van der Waals surface area contributed by atoms with Crippen LogP contribution < -0.4 is 25.0 Å². The Bertz CT molecular complexity index is 938. The first-order chi connectivity index (χ1) is 15.5. The Labute approximate surface area is 213 Å². The number of ether oxygens (including phenoxy) is 2. The van der Waals surface area contributed by atoms with Crippen molar-refractivity contribution in [1.29, 1.82) is 0 Å². The lowest BCUT2D eigenvalue weighted by Crippen LogP contribution is -2.44. The number of hydrogen-bond donors (Lipinski definition) is 2. The summed E-state index contributed by atoms with van der Waals surface area (Å²) in [7, 11) is 6.90. The maximum absolute atomic E-state index is 11.7. The highest BCUT2D eigenvalue weighted by Gasteiger charge is 2.25. The van der Waals surface area contributed by atoms with Crippen LogP contribution in [0.25, 0.3) is 0 Å². The number of benzene rings is 2. The van der Waals surface area contributed by atoms with Gasteiger partial charge in [0.25, 0.3) is 5.91 Å². The van der Waals surface area contributed by atoms with Gasteiger partial charge >= 0.3 is 0 Å². The maximum Gasteiger partial charge on any atom is 0.259 e. The number of aliphatic imine (C=N–C) groups is 1. The van der Waals surface area contributed by atoms with Gasteiger partial charge in [0, 0.05) is 46.8 Å². The molecule has 8 nitrogen and oxygen atoms in total. The van der Waals surface area contributed by atoms with E-state index in [0.29, 0.717) is 12.3 Å². The number of halogens is 1. The molecule has 0 aromatic heterocycles. The van der Waals surface area contributed by atoms with Crippen molar-refractivity contribution in [1.82, 2.24) is 15.5 Å². The Morgan fingerprint density at radius 1 is 1.21 bits per heavy atom. The third-order valence-corrected chi connectivity index (χ3v) is 5.40. The van der Waals surface area contributed by atoms with Gasteiger partial charge in [-0.15, -0.1) is 24.0 Å². The van der Waals surface area contributed by atoms with Crippen LogP contribution in [-0.4, -0.2) is 70.8 Å². The maximum atomic E-state index is 11.7. The van der Waals surface area contributed by atoms with Crippen molar-refractivity contribution in [2.24, 2.45) is 4.99 Å². The lowest BCUT2D eigenvalue weighted by Gasteiger charge is -2.22. The Morgan fingerprint density at radius 3 is 2.73 bits per heavy atom. The minimum Gasteiger partial charge on any atom is -0.495 e. The third-order valence-electron chi connectivity index (χ3n) is 5.40. The number of methoxy groups -OCH3 is 1. The normalized spacial score (nSPS) is 15.5. The number of hydrogen-bond acceptors (Lipinski definition) is 5. The fourth-order valence-corrected chi connectivity index (χ4v) is 3.58. The van der Waals surface area contributed by atoms with Gasteiger partial charge < -0.3 is 29.9 Å². The lowest BCUT2D eigenvalue weighted by molar-refractivity contribution is -0.130. The van der Waals surface area contributed by atoms with Gasteiger partial charge in [-0.1, -0.05) is 24.3 Å². The van der Waals surface area contributed by atoms with Crippen molar-refractivity contribution in [3.63, 3.8) is 0 Å². The number of amides is 1. The Hall–Kier alpha value is -2.69. The molecule has 1 fully saturated rings. The van der Waals surface area contributed by atoms with Crippen LogP contribution in [0.3, 0.4) is 0 Å². The SMILES string of the molecule is CN=C(NCc1cccc(OCC(=O)N(C)C)c1)NC1CCN(c2ccccc2OC)C1.I. The van der Waals surface area contributed by atoms with E-state index in [0.717, 1.165) is 42.5 Å². The van der Waals surface area contributed by atoms with E-state index in [1.165, 1.54) is 4.90 Å². The van der Waals surface area contributed by atoms with Gasteiger partial charge in [-0.05, 0) is 36.2 Å². The minimum atomic E-state index is -0.0724. The first-order valence-electron chi connectivity index (χ1n) is 10.8. The number of nitrogens with zero attached hydrogens (tertiary/aromatic N) is 3. The third kappa shape index (κ3) is 7.69. The summed E-state index contributed by atoms with van der Waals surface area (Å²) >= 11 is 0. The first-order valence-corrected chi connectivity index (χ1v) is 10.8. The van der Waals surface area contributed by atoms with Crippen LogP contribution in [0.4, 0.5) is 5.69 Å². The number of para-hydroxylation sites is 2. The molecule has 180 valence electrons. The molecule has 2 N–H and O–H groups in total. The molecule has 2 aromatic carbocycles. The second kappa shape index (κ2) is 13.1. The molecule has 33 heavy (non-hydrogen) atoms. The number of rotatable bonds is 8. The van der Waals surface area contributed by atoms with Gasteiger partial charge in [0.15, 0.2) is 12.6 Å².